The van der Waals surface area contributed by atoms with Crippen LogP contribution in [0.5, 0.6) is 11.5 Å². The van der Waals surface area contributed by atoms with Gasteiger partial charge in [0.25, 0.3) is 5.91 Å². The summed E-state index contributed by atoms with van der Waals surface area (Å²) in [5.41, 5.74) is 3.14. The van der Waals surface area contributed by atoms with E-state index in [4.69, 9.17) is 14.5 Å². The second kappa shape index (κ2) is 15.8. The van der Waals surface area contributed by atoms with Gasteiger partial charge in [-0.15, -0.1) is 11.3 Å². The van der Waals surface area contributed by atoms with E-state index in [1.54, 1.807) is 31.7 Å². The van der Waals surface area contributed by atoms with Crippen molar-refractivity contribution in [2.45, 2.75) is 38.8 Å². The van der Waals surface area contributed by atoms with Gasteiger partial charge in [-0.25, -0.2) is 4.98 Å². The molecule has 244 valence electrons. The van der Waals surface area contributed by atoms with Crippen molar-refractivity contribution < 1.29 is 27.4 Å². The highest BCUT2D eigenvalue weighted by molar-refractivity contribution is 7.09. The first kappa shape index (κ1) is 33.7. The first-order valence-corrected chi connectivity index (χ1v) is 16.0. The summed E-state index contributed by atoms with van der Waals surface area (Å²) in [7, 11) is 3.13. The van der Waals surface area contributed by atoms with Crippen LogP contribution in [0.4, 0.5) is 13.2 Å². The Bertz CT molecular complexity index is 1750. The van der Waals surface area contributed by atoms with Crippen LogP contribution in [0.1, 0.15) is 43.3 Å². The summed E-state index contributed by atoms with van der Waals surface area (Å²) in [6.07, 6.45) is -3.75. The van der Waals surface area contributed by atoms with E-state index < -0.39 is 11.7 Å². The highest BCUT2D eigenvalue weighted by atomic mass is 32.1. The number of nitrogens with zero attached hydrogens (tertiary/aromatic N) is 3. The molecule has 1 amide bonds. The number of hydrogen-bond donors (Lipinski definition) is 0. The molecular weight excluding hydrogens is 623 g/mol. The minimum absolute atomic E-state index is 0.173. The van der Waals surface area contributed by atoms with Crippen molar-refractivity contribution in [2.75, 3.05) is 20.8 Å². The Morgan fingerprint density at radius 1 is 0.766 bits per heavy atom. The summed E-state index contributed by atoms with van der Waals surface area (Å²) in [6.45, 7) is 1.86. The molecule has 0 atom stereocenters. The molecule has 1 heterocycles. The maximum atomic E-state index is 13.8. The molecule has 4 aromatic carbocycles. The third-order valence-corrected chi connectivity index (χ3v) is 8.53. The molecule has 0 spiro atoms. The van der Waals surface area contributed by atoms with E-state index >= 15 is 0 Å². The minimum Gasteiger partial charge on any atom is -0.497 e. The fraction of sp³-hybridized carbons (Fsp3) is 0.243. The van der Waals surface area contributed by atoms with Gasteiger partial charge in [0.05, 0.1) is 26.3 Å². The van der Waals surface area contributed by atoms with E-state index in [1.807, 2.05) is 82.6 Å². The third-order valence-electron chi connectivity index (χ3n) is 7.70. The zero-order valence-electron chi connectivity index (χ0n) is 26.2. The predicted octanol–water partition coefficient (Wildman–Crippen LogP) is 8.27. The van der Waals surface area contributed by atoms with Crippen LogP contribution < -0.4 is 9.47 Å². The first-order valence-electron chi connectivity index (χ1n) is 15.1. The Balaban J connectivity index is 1.38. The van der Waals surface area contributed by atoms with Crippen molar-refractivity contribution >= 4 is 17.2 Å². The molecule has 0 N–H and O–H groups in total. The Hall–Kier alpha value is -4.67. The normalized spacial score (nSPS) is 11.4. The average Bonchev–Trinajstić information content (AvgIpc) is 3.55. The van der Waals surface area contributed by atoms with E-state index in [0.717, 1.165) is 22.8 Å². The summed E-state index contributed by atoms with van der Waals surface area (Å²) < 4.78 is 51.5. The lowest BCUT2D eigenvalue weighted by atomic mass is 10.1. The molecule has 47 heavy (non-hydrogen) atoms. The maximum Gasteiger partial charge on any atom is 0.416 e. The van der Waals surface area contributed by atoms with Crippen LogP contribution in [-0.2, 0) is 38.8 Å². The van der Waals surface area contributed by atoms with Crippen molar-refractivity contribution in [1.82, 2.24) is 14.8 Å². The van der Waals surface area contributed by atoms with E-state index in [9.17, 15) is 18.0 Å². The lowest BCUT2D eigenvalue weighted by molar-refractivity contribution is -0.137. The fourth-order valence-electron chi connectivity index (χ4n) is 5.30. The van der Waals surface area contributed by atoms with E-state index in [2.05, 4.69) is 0 Å². The van der Waals surface area contributed by atoms with Crippen LogP contribution in [0.3, 0.4) is 0 Å². The molecule has 0 saturated heterocycles. The smallest absolute Gasteiger partial charge is 0.416 e. The van der Waals surface area contributed by atoms with Crippen molar-refractivity contribution in [1.29, 1.82) is 0 Å². The van der Waals surface area contributed by atoms with Crippen LogP contribution in [0.25, 0.3) is 0 Å². The number of halogens is 3. The molecule has 5 aromatic rings. The minimum atomic E-state index is -4.45. The van der Waals surface area contributed by atoms with Gasteiger partial charge < -0.3 is 14.4 Å². The zero-order valence-corrected chi connectivity index (χ0v) is 27.1. The van der Waals surface area contributed by atoms with Crippen LogP contribution in [0.2, 0.25) is 0 Å². The Labute approximate surface area is 277 Å². The zero-order chi connectivity index (χ0) is 33.2. The third kappa shape index (κ3) is 9.43. The lowest BCUT2D eigenvalue weighted by Crippen LogP contribution is -2.33. The second-order valence-electron chi connectivity index (χ2n) is 11.1. The molecule has 1 aromatic heterocycles. The molecule has 0 fully saturated rings. The monoisotopic (exact) mass is 659 g/mol. The van der Waals surface area contributed by atoms with Gasteiger partial charge in [-0.05, 0) is 35.2 Å². The number of amides is 1. The SMILES string of the molecule is COc1ccc(CN(Cc2cccc(C(F)(F)F)c2)Cc2nc(C(=O)N(CCc3ccccc3)Cc3ccccc3)cs2)c(OC)c1. The number of hydrogen-bond acceptors (Lipinski definition) is 6. The molecular formula is C37H36F3N3O3S. The number of carbonyl (C=O) groups is 1. The maximum absolute atomic E-state index is 13.8. The quantitative estimate of drug-likeness (QED) is 0.120. The van der Waals surface area contributed by atoms with Gasteiger partial charge in [-0.2, -0.15) is 13.2 Å². The van der Waals surface area contributed by atoms with Gasteiger partial charge in [0.15, 0.2) is 0 Å². The molecule has 0 saturated carbocycles. The Morgan fingerprint density at radius 3 is 2.15 bits per heavy atom. The summed E-state index contributed by atoms with van der Waals surface area (Å²) in [5.74, 6) is 1.06. The first-order chi connectivity index (χ1) is 22.7. The number of methoxy groups -OCH3 is 2. The lowest BCUT2D eigenvalue weighted by Gasteiger charge is -2.23. The van der Waals surface area contributed by atoms with Crippen LogP contribution in [0.15, 0.2) is 109 Å². The number of benzene rings is 4. The molecule has 0 aliphatic carbocycles. The van der Waals surface area contributed by atoms with Crippen molar-refractivity contribution in [3.8, 4) is 11.5 Å². The number of aromatic nitrogens is 1. The summed E-state index contributed by atoms with van der Waals surface area (Å²) >= 11 is 1.36. The second-order valence-corrected chi connectivity index (χ2v) is 12.0. The van der Waals surface area contributed by atoms with Crippen LogP contribution in [0, 0.1) is 0 Å². The Kier molecular flexibility index (Phi) is 11.3. The van der Waals surface area contributed by atoms with Crippen molar-refractivity contribution in [2.24, 2.45) is 0 Å². The van der Waals surface area contributed by atoms with Crippen molar-refractivity contribution in [3.05, 3.63) is 147 Å². The van der Waals surface area contributed by atoms with Gasteiger partial charge in [0.2, 0.25) is 0 Å². The fourth-order valence-corrected chi connectivity index (χ4v) is 6.10. The molecule has 10 heteroatoms. The number of alkyl halides is 3. The Morgan fingerprint density at radius 2 is 1.47 bits per heavy atom. The van der Waals surface area contributed by atoms with Gasteiger partial charge in [0.1, 0.15) is 22.2 Å². The summed E-state index contributed by atoms with van der Waals surface area (Å²) in [6, 6.07) is 30.7. The molecule has 0 bridgehead atoms. The van der Waals surface area contributed by atoms with Crippen LogP contribution >= 0.6 is 11.3 Å². The topological polar surface area (TPSA) is 54.9 Å². The van der Waals surface area contributed by atoms with E-state index in [1.165, 1.54) is 23.5 Å². The summed E-state index contributed by atoms with van der Waals surface area (Å²) in [4.78, 5) is 22.4. The van der Waals surface area contributed by atoms with Crippen molar-refractivity contribution in [3.63, 3.8) is 0 Å². The standard InChI is InChI=1S/C37H36F3N3O3S/c1-45-32-17-16-30(34(21-32)46-2)24-42(22-29-14-9-15-31(20-29)37(38,39)40)25-35-41-33(26-47-35)36(44)43(23-28-12-7-4-8-13-28)19-18-27-10-5-3-6-11-27/h3-17,20-21,26H,18-19,22-25H2,1-2H3. The van der Waals surface area contributed by atoms with E-state index in [0.29, 0.717) is 60.4 Å². The molecule has 0 aliphatic heterocycles. The van der Waals surface area contributed by atoms with Gasteiger partial charge in [-0.3, -0.25) is 9.69 Å². The molecule has 5 rings (SSSR count). The van der Waals surface area contributed by atoms with E-state index in [-0.39, 0.29) is 12.5 Å². The number of rotatable bonds is 14. The van der Waals surface area contributed by atoms with Crippen LogP contribution in [-0.4, -0.2) is 41.5 Å². The van der Waals surface area contributed by atoms with Gasteiger partial charge >= 0.3 is 6.18 Å². The largest absolute Gasteiger partial charge is 0.497 e. The highest BCUT2D eigenvalue weighted by Crippen LogP contribution is 2.31. The van der Waals surface area contributed by atoms with Gasteiger partial charge in [0, 0.05) is 43.2 Å². The summed E-state index contributed by atoms with van der Waals surface area (Å²) in [5, 5.41) is 2.43. The number of thiazole rings is 1. The molecule has 6 nitrogen and oxygen atoms in total. The molecule has 0 radical (unpaired) electrons. The molecule has 0 aliphatic rings. The number of ether oxygens (including phenoxy) is 2. The highest BCUT2D eigenvalue weighted by Gasteiger charge is 2.30. The molecule has 0 unspecified atom stereocenters. The average molecular weight is 660 g/mol. The number of carbonyl (C=O) groups excluding carboxylic acids is 1. The van der Waals surface area contributed by atoms with Gasteiger partial charge in [-0.1, -0.05) is 84.9 Å². The predicted molar refractivity (Wildman–Crippen MR) is 177 cm³/mol.